The number of alkyl halides is 3. The van der Waals surface area contributed by atoms with Crippen molar-refractivity contribution in [3.05, 3.63) is 136 Å². The van der Waals surface area contributed by atoms with Crippen LogP contribution >= 0.6 is 11.8 Å². The van der Waals surface area contributed by atoms with Gasteiger partial charge in [-0.15, -0.1) is 0 Å². The molecule has 1 nitrogen and oxygen atoms in total. The summed E-state index contributed by atoms with van der Waals surface area (Å²) in [5, 5.41) is 0.0259. The minimum atomic E-state index is -4.55. The number of rotatable bonds is 1. The predicted molar refractivity (Wildman–Crippen MR) is 145 cm³/mol. The number of thioether (sulfide) groups is 1. The van der Waals surface area contributed by atoms with Gasteiger partial charge in [0.1, 0.15) is 0 Å². The van der Waals surface area contributed by atoms with Crippen LogP contribution in [0.15, 0.2) is 102 Å². The van der Waals surface area contributed by atoms with E-state index in [4.69, 9.17) is 0 Å². The molecule has 0 spiro atoms. The molecule has 0 aliphatic heterocycles. The van der Waals surface area contributed by atoms with Gasteiger partial charge >= 0.3 is 6.18 Å². The van der Waals surface area contributed by atoms with Crippen molar-refractivity contribution < 1.29 is 18.0 Å². The molecule has 0 atom stereocenters. The summed E-state index contributed by atoms with van der Waals surface area (Å²) >= 11 is 1.17. The topological polar surface area (TPSA) is 17.1 Å². The fourth-order valence-electron chi connectivity index (χ4n) is 3.32. The fraction of sp³-hybridized carbons (Fsp3) is 0.0606. The maximum absolute atomic E-state index is 13.7. The van der Waals surface area contributed by atoms with Crippen LogP contribution in [0.2, 0.25) is 0 Å². The molecule has 4 aromatic carbocycles. The van der Waals surface area contributed by atoms with E-state index >= 15 is 0 Å². The van der Waals surface area contributed by atoms with E-state index in [9.17, 15) is 18.0 Å². The number of hydrogen-bond acceptors (Lipinski definition) is 2. The van der Waals surface area contributed by atoms with Crippen LogP contribution in [-0.2, 0) is 11.0 Å². The molecule has 5 heteroatoms. The van der Waals surface area contributed by atoms with Gasteiger partial charge in [-0.2, -0.15) is 13.2 Å². The summed E-state index contributed by atoms with van der Waals surface area (Å²) in [5.41, 5.74) is 2.23. The Morgan fingerprint density at radius 2 is 1.05 bits per heavy atom. The molecule has 0 aliphatic rings. The van der Waals surface area contributed by atoms with Crippen molar-refractivity contribution >= 4 is 16.9 Å². The molecule has 0 fully saturated rings. The van der Waals surface area contributed by atoms with Gasteiger partial charge in [0.05, 0.1) is 5.56 Å². The van der Waals surface area contributed by atoms with Crippen LogP contribution < -0.4 is 0 Å². The zero-order valence-electron chi connectivity index (χ0n) is 20.2. The van der Waals surface area contributed by atoms with Crippen LogP contribution in [0.4, 0.5) is 13.2 Å². The first-order valence-corrected chi connectivity index (χ1v) is 12.3. The monoisotopic (exact) mass is 520 g/mol. The van der Waals surface area contributed by atoms with Crippen LogP contribution in [0, 0.1) is 35.5 Å². The van der Waals surface area contributed by atoms with E-state index in [1.165, 1.54) is 30.8 Å². The second-order valence-corrected chi connectivity index (χ2v) is 9.32. The summed E-state index contributed by atoms with van der Waals surface area (Å²) in [6.07, 6.45) is -4.55. The zero-order valence-corrected chi connectivity index (χ0v) is 21.0. The van der Waals surface area contributed by atoms with E-state index in [-0.39, 0.29) is 16.2 Å². The van der Waals surface area contributed by atoms with Crippen LogP contribution in [0.1, 0.15) is 45.9 Å². The van der Waals surface area contributed by atoms with E-state index in [0.717, 1.165) is 22.1 Å². The molecule has 4 aromatic rings. The lowest BCUT2D eigenvalue weighted by molar-refractivity contribution is -0.137. The van der Waals surface area contributed by atoms with Crippen LogP contribution in [0.5, 0.6) is 0 Å². The van der Waals surface area contributed by atoms with Gasteiger partial charge in [-0.3, -0.25) is 4.79 Å². The first-order valence-electron chi connectivity index (χ1n) is 11.5. The van der Waals surface area contributed by atoms with E-state index in [2.05, 4.69) is 35.5 Å². The highest BCUT2D eigenvalue weighted by molar-refractivity contribution is 8.13. The molecule has 0 radical (unpaired) electrons. The van der Waals surface area contributed by atoms with Gasteiger partial charge in [0.2, 0.25) is 0 Å². The molecule has 0 aromatic heterocycles. The normalized spacial score (nSPS) is 10.2. The van der Waals surface area contributed by atoms with Crippen LogP contribution in [0.25, 0.3) is 0 Å². The van der Waals surface area contributed by atoms with Crippen molar-refractivity contribution in [3.63, 3.8) is 0 Å². The average Bonchev–Trinajstić information content (AvgIpc) is 2.91. The smallest absolute Gasteiger partial charge is 0.287 e. The highest BCUT2D eigenvalue weighted by Crippen LogP contribution is 2.32. The number of hydrogen-bond donors (Lipinski definition) is 0. The van der Waals surface area contributed by atoms with E-state index in [1.54, 1.807) is 48.5 Å². The first kappa shape index (κ1) is 26.4. The Morgan fingerprint density at radius 1 is 0.605 bits per heavy atom. The average molecular weight is 521 g/mol. The third-order valence-electron chi connectivity index (χ3n) is 5.14. The van der Waals surface area contributed by atoms with Gasteiger partial charge < -0.3 is 0 Å². The van der Waals surface area contributed by atoms with Crippen LogP contribution in [0.3, 0.4) is 0 Å². The van der Waals surface area contributed by atoms with Crippen molar-refractivity contribution in [2.75, 3.05) is 0 Å². The lowest BCUT2D eigenvalue weighted by Gasteiger charge is -2.09. The van der Waals surface area contributed by atoms with Gasteiger partial charge in [-0.05, 0) is 78.9 Å². The Morgan fingerprint density at radius 3 is 1.58 bits per heavy atom. The maximum Gasteiger partial charge on any atom is 0.417 e. The highest BCUT2D eigenvalue weighted by Gasteiger charge is 2.33. The van der Waals surface area contributed by atoms with Gasteiger partial charge in [0.15, 0.2) is 5.12 Å². The van der Waals surface area contributed by atoms with Crippen molar-refractivity contribution in [2.24, 2.45) is 0 Å². The largest absolute Gasteiger partial charge is 0.417 e. The predicted octanol–water partition coefficient (Wildman–Crippen LogP) is 7.54. The van der Waals surface area contributed by atoms with Crippen molar-refractivity contribution in [3.8, 4) is 35.5 Å². The number of carbonyl (C=O) groups is 1. The summed E-state index contributed by atoms with van der Waals surface area (Å²) in [7, 11) is 0. The van der Waals surface area contributed by atoms with Gasteiger partial charge in [0, 0.05) is 45.2 Å². The minimum absolute atomic E-state index is 0.0259. The minimum Gasteiger partial charge on any atom is -0.287 e. The second-order valence-electron chi connectivity index (χ2n) is 8.07. The third-order valence-corrected chi connectivity index (χ3v) is 5.94. The molecule has 38 heavy (non-hydrogen) atoms. The maximum atomic E-state index is 13.7. The number of halogens is 3. The molecule has 0 N–H and O–H groups in total. The molecule has 0 saturated carbocycles. The SMILES string of the molecule is CC(=O)Sc1ccc(C#Cc2ccc(C#Cc3ccc(C#Cc4ccccc4)c(C(F)(F)F)c3)cc2)cc1. The molecule has 184 valence electrons. The third kappa shape index (κ3) is 7.68. The van der Waals surface area contributed by atoms with E-state index in [1.807, 2.05) is 30.3 Å². The summed E-state index contributed by atoms with van der Waals surface area (Å²) in [4.78, 5) is 12.0. The summed E-state index contributed by atoms with van der Waals surface area (Å²) in [5.74, 6) is 17.3. The molecule has 4 rings (SSSR count). The quantitative estimate of drug-likeness (QED) is 0.191. The molecule has 0 saturated heterocycles. The standard InChI is InChI=1S/C33H19F3OS/c1-24(37)38-31-21-17-28(18-22-31)12-11-26-7-9-27(10-8-26)13-14-29-16-20-30(32(23-29)33(34,35)36)19-15-25-5-3-2-4-6-25/h2-10,16-18,20-23H,1H3. The first-order chi connectivity index (χ1) is 18.3. The molecule has 0 amide bonds. The summed E-state index contributed by atoms with van der Waals surface area (Å²) in [6, 6.07) is 27.3. The van der Waals surface area contributed by atoms with E-state index < -0.39 is 11.7 Å². The Balaban J connectivity index is 1.49. The van der Waals surface area contributed by atoms with E-state index in [0.29, 0.717) is 11.1 Å². The molecule has 0 heterocycles. The van der Waals surface area contributed by atoms with Crippen LogP contribution in [-0.4, -0.2) is 5.12 Å². The van der Waals surface area contributed by atoms with Crippen molar-refractivity contribution in [1.29, 1.82) is 0 Å². The molecular formula is C33H19F3OS. The summed E-state index contributed by atoms with van der Waals surface area (Å²) in [6.45, 7) is 1.52. The Labute approximate surface area is 224 Å². The Hall–Kier alpha value is -4.63. The molecular weight excluding hydrogens is 501 g/mol. The number of carbonyl (C=O) groups excluding carboxylic acids is 1. The van der Waals surface area contributed by atoms with Crippen molar-refractivity contribution in [2.45, 2.75) is 18.0 Å². The van der Waals surface area contributed by atoms with Crippen molar-refractivity contribution in [1.82, 2.24) is 0 Å². The highest BCUT2D eigenvalue weighted by atomic mass is 32.2. The van der Waals surface area contributed by atoms with Gasteiger partial charge in [-0.1, -0.05) is 65.5 Å². The lowest BCUT2D eigenvalue weighted by atomic mass is 10.0. The lowest BCUT2D eigenvalue weighted by Crippen LogP contribution is -2.08. The van der Waals surface area contributed by atoms with Gasteiger partial charge in [-0.25, -0.2) is 0 Å². The zero-order chi connectivity index (χ0) is 27.0. The van der Waals surface area contributed by atoms with Gasteiger partial charge in [0.25, 0.3) is 0 Å². The molecule has 0 bridgehead atoms. The Kier molecular flexibility index (Phi) is 8.40. The summed E-state index contributed by atoms with van der Waals surface area (Å²) < 4.78 is 41.1. The fourth-order valence-corrected chi connectivity index (χ4v) is 3.93. The molecule has 0 unspecified atom stereocenters. The Bertz CT molecular complexity index is 1630. The molecule has 0 aliphatic carbocycles. The number of benzene rings is 4. The second kappa shape index (κ2) is 12.1.